The van der Waals surface area contributed by atoms with Gasteiger partial charge in [0.2, 0.25) is 0 Å². The van der Waals surface area contributed by atoms with Gasteiger partial charge in [0.05, 0.1) is 6.54 Å². The van der Waals surface area contributed by atoms with Crippen LogP contribution in [0.2, 0.25) is 0 Å². The lowest BCUT2D eigenvalue weighted by Gasteiger charge is -2.13. The molecule has 0 spiro atoms. The molecular formula is C17H22N2O. The van der Waals surface area contributed by atoms with Crippen LogP contribution in [0.3, 0.4) is 0 Å². The first kappa shape index (κ1) is 14.6. The summed E-state index contributed by atoms with van der Waals surface area (Å²) in [5, 5.41) is 3.12. The third-order valence-electron chi connectivity index (χ3n) is 3.85. The smallest absolute Gasteiger partial charge is 0.251 e. The predicted octanol–water partition coefficient (Wildman–Crippen LogP) is 2.22. The van der Waals surface area contributed by atoms with Gasteiger partial charge in [-0.3, -0.25) is 4.79 Å². The lowest BCUT2D eigenvalue weighted by molar-refractivity contribution is 0.0937. The van der Waals surface area contributed by atoms with E-state index in [-0.39, 0.29) is 5.91 Å². The zero-order valence-electron chi connectivity index (χ0n) is 12.2. The fraction of sp³-hybridized carbons (Fsp3) is 0.471. The Morgan fingerprint density at radius 2 is 2.25 bits per heavy atom. The maximum atomic E-state index is 12.3. The fourth-order valence-corrected chi connectivity index (χ4v) is 2.65. The third-order valence-corrected chi connectivity index (χ3v) is 3.85. The molecule has 2 rings (SSSR count). The van der Waals surface area contributed by atoms with Crippen LogP contribution < -0.4 is 11.1 Å². The van der Waals surface area contributed by atoms with Crippen LogP contribution in [0.1, 0.15) is 47.7 Å². The summed E-state index contributed by atoms with van der Waals surface area (Å²) in [6.07, 6.45) is 3.36. The molecule has 2 atom stereocenters. The molecule has 3 heteroatoms. The van der Waals surface area contributed by atoms with Crippen molar-refractivity contribution in [1.82, 2.24) is 5.32 Å². The first-order valence-corrected chi connectivity index (χ1v) is 7.20. The van der Waals surface area contributed by atoms with Crippen LogP contribution in [0.4, 0.5) is 0 Å². The molecule has 0 saturated heterocycles. The summed E-state index contributed by atoms with van der Waals surface area (Å²) < 4.78 is 0. The number of nitrogens with one attached hydrogen (secondary N) is 1. The van der Waals surface area contributed by atoms with Crippen molar-refractivity contribution in [2.24, 2.45) is 11.7 Å². The van der Waals surface area contributed by atoms with Gasteiger partial charge in [-0.15, -0.1) is 0 Å². The lowest BCUT2D eigenvalue weighted by atomic mass is 10.0. The molecular weight excluding hydrogens is 248 g/mol. The van der Waals surface area contributed by atoms with Gasteiger partial charge in [-0.2, -0.15) is 0 Å². The SMILES string of the molecule is Cc1ccc(C(=O)NC2CCC(C)C2)cc1C#CCN. The molecule has 106 valence electrons. The third kappa shape index (κ3) is 3.61. The number of amides is 1. The van der Waals surface area contributed by atoms with Crippen LogP contribution in [0, 0.1) is 24.7 Å². The highest BCUT2D eigenvalue weighted by atomic mass is 16.1. The Morgan fingerprint density at radius 1 is 1.45 bits per heavy atom. The number of nitrogens with two attached hydrogens (primary N) is 1. The molecule has 0 heterocycles. The second-order valence-electron chi connectivity index (χ2n) is 5.62. The highest BCUT2D eigenvalue weighted by Crippen LogP contribution is 2.24. The standard InChI is InChI=1S/C17H22N2O/c1-12-5-8-16(10-12)19-17(20)15-7-6-13(2)14(11-15)4-3-9-18/h6-7,11-12,16H,5,8-10,18H2,1-2H3,(H,19,20). The van der Waals surface area contributed by atoms with Crippen molar-refractivity contribution in [3.63, 3.8) is 0 Å². The molecule has 1 aliphatic rings. The molecule has 1 fully saturated rings. The van der Waals surface area contributed by atoms with Crippen molar-refractivity contribution in [2.75, 3.05) is 6.54 Å². The van der Waals surface area contributed by atoms with Gasteiger partial charge in [0, 0.05) is 17.2 Å². The molecule has 3 N–H and O–H groups in total. The maximum absolute atomic E-state index is 12.3. The Morgan fingerprint density at radius 3 is 2.90 bits per heavy atom. The summed E-state index contributed by atoms with van der Waals surface area (Å²) in [6.45, 7) is 4.55. The molecule has 2 unspecified atom stereocenters. The molecule has 0 bridgehead atoms. The molecule has 1 amide bonds. The number of hydrogen-bond donors (Lipinski definition) is 2. The first-order valence-electron chi connectivity index (χ1n) is 7.20. The van der Waals surface area contributed by atoms with E-state index in [1.54, 1.807) is 0 Å². The van der Waals surface area contributed by atoms with Gasteiger partial charge < -0.3 is 11.1 Å². The van der Waals surface area contributed by atoms with Gasteiger partial charge in [-0.25, -0.2) is 0 Å². The van der Waals surface area contributed by atoms with E-state index in [4.69, 9.17) is 5.73 Å². The van der Waals surface area contributed by atoms with Gasteiger partial charge >= 0.3 is 0 Å². The van der Waals surface area contributed by atoms with Crippen molar-refractivity contribution >= 4 is 5.91 Å². The molecule has 0 aliphatic heterocycles. The van der Waals surface area contributed by atoms with E-state index in [0.717, 1.165) is 24.0 Å². The molecule has 1 aromatic rings. The number of aryl methyl sites for hydroxylation is 1. The monoisotopic (exact) mass is 270 g/mol. The molecule has 0 radical (unpaired) electrons. The van der Waals surface area contributed by atoms with Crippen molar-refractivity contribution < 1.29 is 4.79 Å². The molecule has 20 heavy (non-hydrogen) atoms. The van der Waals surface area contributed by atoms with E-state index in [1.165, 1.54) is 6.42 Å². The average Bonchev–Trinajstić information content (AvgIpc) is 2.83. The minimum atomic E-state index is -0.0000940. The second kappa shape index (κ2) is 6.58. The van der Waals surface area contributed by atoms with Gasteiger partial charge in [0.25, 0.3) is 5.91 Å². The van der Waals surface area contributed by atoms with E-state index in [9.17, 15) is 4.79 Å². The number of hydrogen-bond acceptors (Lipinski definition) is 2. The fourth-order valence-electron chi connectivity index (χ4n) is 2.65. The van der Waals surface area contributed by atoms with Crippen LogP contribution in [0.25, 0.3) is 0 Å². The van der Waals surface area contributed by atoms with Gasteiger partial charge in [0.1, 0.15) is 0 Å². The van der Waals surface area contributed by atoms with Crippen LogP contribution in [-0.4, -0.2) is 18.5 Å². The highest BCUT2D eigenvalue weighted by molar-refractivity contribution is 5.94. The van der Waals surface area contributed by atoms with E-state index in [0.29, 0.717) is 24.1 Å². The maximum Gasteiger partial charge on any atom is 0.251 e. The summed E-state index contributed by atoms with van der Waals surface area (Å²) >= 11 is 0. The number of benzene rings is 1. The molecule has 1 saturated carbocycles. The Kier molecular flexibility index (Phi) is 4.81. The quantitative estimate of drug-likeness (QED) is 0.810. The van der Waals surface area contributed by atoms with Crippen LogP contribution >= 0.6 is 0 Å². The van der Waals surface area contributed by atoms with Crippen LogP contribution in [-0.2, 0) is 0 Å². The minimum absolute atomic E-state index is 0.0000940. The average molecular weight is 270 g/mol. The summed E-state index contributed by atoms with van der Waals surface area (Å²) in [7, 11) is 0. The van der Waals surface area contributed by atoms with Crippen molar-refractivity contribution in [2.45, 2.75) is 39.2 Å². The summed E-state index contributed by atoms with van der Waals surface area (Å²) in [5.74, 6) is 6.56. The summed E-state index contributed by atoms with van der Waals surface area (Å²) in [6, 6.07) is 5.96. The van der Waals surface area contributed by atoms with Crippen molar-refractivity contribution in [3.05, 3.63) is 34.9 Å². The van der Waals surface area contributed by atoms with Crippen molar-refractivity contribution in [1.29, 1.82) is 0 Å². The topological polar surface area (TPSA) is 55.1 Å². The van der Waals surface area contributed by atoms with E-state index >= 15 is 0 Å². The number of carbonyl (C=O) groups excluding carboxylic acids is 1. The first-order chi connectivity index (χ1) is 9.60. The molecule has 1 aromatic carbocycles. The normalized spacial score (nSPS) is 21.1. The van der Waals surface area contributed by atoms with E-state index in [1.807, 2.05) is 25.1 Å². The van der Waals surface area contributed by atoms with E-state index < -0.39 is 0 Å². The lowest BCUT2D eigenvalue weighted by Crippen LogP contribution is -2.32. The Balaban J connectivity index is 2.10. The number of rotatable bonds is 2. The summed E-state index contributed by atoms with van der Waals surface area (Å²) in [4.78, 5) is 12.3. The van der Waals surface area contributed by atoms with Crippen molar-refractivity contribution in [3.8, 4) is 11.8 Å². The zero-order valence-corrected chi connectivity index (χ0v) is 12.2. The predicted molar refractivity (Wildman–Crippen MR) is 81.4 cm³/mol. The zero-order chi connectivity index (χ0) is 14.5. The molecule has 3 nitrogen and oxygen atoms in total. The minimum Gasteiger partial charge on any atom is -0.349 e. The Hall–Kier alpha value is -1.79. The Bertz CT molecular complexity index is 554. The van der Waals surface area contributed by atoms with Gasteiger partial charge in [-0.1, -0.05) is 24.8 Å². The van der Waals surface area contributed by atoms with Gasteiger partial charge in [0.15, 0.2) is 0 Å². The molecule has 0 aromatic heterocycles. The van der Waals surface area contributed by atoms with E-state index in [2.05, 4.69) is 24.1 Å². The van der Waals surface area contributed by atoms with Gasteiger partial charge in [-0.05, 0) is 49.8 Å². The highest BCUT2D eigenvalue weighted by Gasteiger charge is 2.23. The number of carbonyl (C=O) groups is 1. The van der Waals surface area contributed by atoms with Crippen LogP contribution in [0.15, 0.2) is 18.2 Å². The Labute approximate surface area is 120 Å². The molecule has 1 aliphatic carbocycles. The summed E-state index contributed by atoms with van der Waals surface area (Å²) in [5.41, 5.74) is 8.01. The largest absolute Gasteiger partial charge is 0.349 e. The van der Waals surface area contributed by atoms with Crippen LogP contribution in [0.5, 0.6) is 0 Å². The second-order valence-corrected chi connectivity index (χ2v) is 5.62.